The smallest absolute Gasteiger partial charge is 0.188 e. The van der Waals surface area contributed by atoms with E-state index in [0.29, 0.717) is 19.6 Å². The molecule has 7 nitrogen and oxygen atoms in total. The maximum Gasteiger partial charge on any atom is 0.188 e. The fraction of sp³-hybridized carbons (Fsp3) is 0.227. The van der Waals surface area contributed by atoms with Crippen LogP contribution in [0.25, 0.3) is 10.9 Å². The van der Waals surface area contributed by atoms with Crippen LogP contribution in [0.3, 0.4) is 0 Å². The standard InChI is InChI=1S/C22H20N6OS/c1-13-21(30-14(2)26-13)20(29)11-28-9-17-19(10-28)24-12-25-22(17)27-16-7-15-5-3-4-6-18(15)23-8-16/h3-8,12H,9-11H2,1-2H3,(H,24,25,27). The topological polar surface area (TPSA) is 83.9 Å². The summed E-state index contributed by atoms with van der Waals surface area (Å²) in [6.45, 7) is 5.42. The molecule has 1 aromatic carbocycles. The van der Waals surface area contributed by atoms with Crippen LogP contribution in [-0.2, 0) is 13.1 Å². The number of Topliss-reactive ketones (excluding diaryl/α,β-unsaturated/α-hetero) is 1. The number of hydrogen-bond acceptors (Lipinski definition) is 8. The normalized spacial score (nSPS) is 13.5. The molecule has 0 radical (unpaired) electrons. The van der Waals surface area contributed by atoms with Crippen molar-refractivity contribution in [3.8, 4) is 0 Å². The predicted molar refractivity (Wildman–Crippen MR) is 117 cm³/mol. The summed E-state index contributed by atoms with van der Waals surface area (Å²) in [7, 11) is 0. The number of hydrogen-bond donors (Lipinski definition) is 1. The van der Waals surface area contributed by atoms with Crippen molar-refractivity contribution in [2.45, 2.75) is 26.9 Å². The average molecular weight is 417 g/mol. The van der Waals surface area contributed by atoms with E-state index in [-0.39, 0.29) is 5.78 Å². The van der Waals surface area contributed by atoms with Gasteiger partial charge >= 0.3 is 0 Å². The molecule has 0 aliphatic carbocycles. The Balaban J connectivity index is 1.34. The van der Waals surface area contributed by atoms with Gasteiger partial charge in [-0.2, -0.15) is 0 Å². The zero-order valence-corrected chi connectivity index (χ0v) is 17.5. The Morgan fingerprint density at radius 1 is 1.17 bits per heavy atom. The molecular weight excluding hydrogens is 396 g/mol. The Morgan fingerprint density at radius 3 is 2.87 bits per heavy atom. The second-order valence-electron chi connectivity index (χ2n) is 7.40. The summed E-state index contributed by atoms with van der Waals surface area (Å²) in [4.78, 5) is 33.4. The van der Waals surface area contributed by atoms with E-state index in [1.165, 1.54) is 11.3 Å². The second-order valence-corrected chi connectivity index (χ2v) is 8.61. The van der Waals surface area contributed by atoms with Crippen LogP contribution in [0.15, 0.2) is 42.9 Å². The first kappa shape index (κ1) is 18.8. The molecule has 4 heterocycles. The number of anilines is 2. The summed E-state index contributed by atoms with van der Waals surface area (Å²) in [5.41, 5.74) is 4.61. The lowest BCUT2D eigenvalue weighted by atomic mass is 10.2. The molecule has 4 aromatic rings. The van der Waals surface area contributed by atoms with Gasteiger partial charge in [-0.1, -0.05) is 18.2 Å². The maximum absolute atomic E-state index is 12.8. The molecule has 0 bridgehead atoms. The number of rotatable bonds is 5. The van der Waals surface area contributed by atoms with Crippen LogP contribution < -0.4 is 5.32 Å². The fourth-order valence-electron chi connectivity index (χ4n) is 3.80. The third-order valence-electron chi connectivity index (χ3n) is 5.17. The molecule has 30 heavy (non-hydrogen) atoms. The highest BCUT2D eigenvalue weighted by Gasteiger charge is 2.27. The van der Waals surface area contributed by atoms with Gasteiger partial charge in [0.05, 0.1) is 45.2 Å². The van der Waals surface area contributed by atoms with Crippen LogP contribution in [0.1, 0.15) is 31.6 Å². The molecule has 150 valence electrons. The van der Waals surface area contributed by atoms with E-state index in [4.69, 9.17) is 0 Å². The van der Waals surface area contributed by atoms with E-state index in [2.05, 4.69) is 36.2 Å². The highest BCUT2D eigenvalue weighted by molar-refractivity contribution is 7.13. The van der Waals surface area contributed by atoms with Crippen molar-refractivity contribution in [2.75, 3.05) is 11.9 Å². The van der Waals surface area contributed by atoms with Gasteiger partial charge in [0.1, 0.15) is 12.1 Å². The lowest BCUT2D eigenvalue weighted by Crippen LogP contribution is -2.24. The van der Waals surface area contributed by atoms with Crippen LogP contribution >= 0.6 is 11.3 Å². The minimum atomic E-state index is 0.104. The number of fused-ring (bicyclic) bond motifs is 2. The van der Waals surface area contributed by atoms with E-state index < -0.39 is 0 Å². The number of benzene rings is 1. The van der Waals surface area contributed by atoms with Crippen molar-refractivity contribution in [2.24, 2.45) is 0 Å². The van der Waals surface area contributed by atoms with Crippen LogP contribution in [0, 0.1) is 13.8 Å². The fourth-order valence-corrected chi connectivity index (χ4v) is 4.65. The number of carbonyl (C=O) groups is 1. The number of nitrogens with zero attached hydrogens (tertiary/aromatic N) is 5. The van der Waals surface area contributed by atoms with E-state index in [1.54, 1.807) is 6.33 Å². The van der Waals surface area contributed by atoms with Gasteiger partial charge in [-0.3, -0.25) is 14.7 Å². The lowest BCUT2D eigenvalue weighted by molar-refractivity contribution is 0.0932. The van der Waals surface area contributed by atoms with Gasteiger partial charge < -0.3 is 5.32 Å². The lowest BCUT2D eigenvalue weighted by Gasteiger charge is -2.13. The first-order valence-corrected chi connectivity index (χ1v) is 10.5. The molecule has 0 saturated heterocycles. The van der Waals surface area contributed by atoms with Crippen LogP contribution in [0.4, 0.5) is 11.5 Å². The third-order valence-corrected chi connectivity index (χ3v) is 6.28. The maximum atomic E-state index is 12.8. The van der Waals surface area contributed by atoms with Crippen molar-refractivity contribution in [1.29, 1.82) is 0 Å². The van der Waals surface area contributed by atoms with Gasteiger partial charge in [-0.15, -0.1) is 11.3 Å². The molecule has 0 saturated carbocycles. The van der Waals surface area contributed by atoms with Crippen LogP contribution in [0.5, 0.6) is 0 Å². The number of aromatic nitrogens is 4. The summed E-state index contributed by atoms with van der Waals surface area (Å²) in [6.07, 6.45) is 3.37. The van der Waals surface area contributed by atoms with Gasteiger partial charge in [0.2, 0.25) is 0 Å². The number of ketones is 1. The number of carbonyl (C=O) groups excluding carboxylic acids is 1. The Bertz CT molecular complexity index is 1270. The number of thiazole rings is 1. The summed E-state index contributed by atoms with van der Waals surface area (Å²) in [6, 6.07) is 10.1. The van der Waals surface area contributed by atoms with Crippen molar-refractivity contribution >= 4 is 39.5 Å². The first-order valence-electron chi connectivity index (χ1n) is 9.71. The quantitative estimate of drug-likeness (QED) is 0.492. The highest BCUT2D eigenvalue weighted by atomic mass is 32.1. The molecule has 0 amide bonds. The first-order chi connectivity index (χ1) is 14.6. The molecule has 1 N–H and O–H groups in total. The number of aryl methyl sites for hydroxylation is 2. The van der Waals surface area contributed by atoms with E-state index in [0.717, 1.165) is 49.2 Å². The molecule has 1 aliphatic rings. The zero-order chi connectivity index (χ0) is 20.7. The number of pyridine rings is 1. The van der Waals surface area contributed by atoms with E-state index in [1.807, 2.05) is 44.3 Å². The van der Waals surface area contributed by atoms with Gasteiger partial charge in [0, 0.05) is 24.0 Å². The summed E-state index contributed by atoms with van der Waals surface area (Å²) in [5, 5.41) is 5.37. The average Bonchev–Trinajstić information content (AvgIpc) is 3.30. The molecule has 0 atom stereocenters. The van der Waals surface area contributed by atoms with Crippen molar-refractivity contribution in [3.05, 3.63) is 69.7 Å². The van der Waals surface area contributed by atoms with Crippen LogP contribution in [0.2, 0.25) is 0 Å². The molecule has 0 unspecified atom stereocenters. The van der Waals surface area contributed by atoms with Crippen LogP contribution in [-0.4, -0.2) is 37.2 Å². The Kier molecular flexibility index (Phi) is 4.72. The van der Waals surface area contributed by atoms with Crippen molar-refractivity contribution in [1.82, 2.24) is 24.8 Å². The molecule has 1 aliphatic heterocycles. The SMILES string of the molecule is Cc1nc(C)c(C(=O)CN2Cc3ncnc(Nc4cnc5ccccc5c4)c3C2)s1. The summed E-state index contributed by atoms with van der Waals surface area (Å²) < 4.78 is 0. The highest BCUT2D eigenvalue weighted by Crippen LogP contribution is 2.29. The summed E-state index contributed by atoms with van der Waals surface area (Å²) >= 11 is 1.46. The van der Waals surface area contributed by atoms with Gasteiger partial charge in [-0.05, 0) is 26.0 Å². The summed E-state index contributed by atoms with van der Waals surface area (Å²) in [5.74, 6) is 0.865. The Hall–Kier alpha value is -3.23. The number of nitrogens with one attached hydrogen (secondary N) is 1. The second kappa shape index (κ2) is 7.55. The van der Waals surface area contributed by atoms with Crippen molar-refractivity contribution < 1.29 is 4.79 Å². The zero-order valence-electron chi connectivity index (χ0n) is 16.7. The molecule has 5 rings (SSSR count). The molecule has 0 fully saturated rings. The number of para-hydroxylation sites is 1. The van der Waals surface area contributed by atoms with Gasteiger partial charge in [0.25, 0.3) is 0 Å². The predicted octanol–water partition coefficient (Wildman–Crippen LogP) is 4.04. The van der Waals surface area contributed by atoms with Gasteiger partial charge in [0.15, 0.2) is 5.78 Å². The Morgan fingerprint density at radius 2 is 2.03 bits per heavy atom. The monoisotopic (exact) mass is 416 g/mol. The minimum absolute atomic E-state index is 0.104. The molecule has 0 spiro atoms. The molecule has 3 aromatic heterocycles. The molecule has 8 heteroatoms. The van der Waals surface area contributed by atoms with E-state index >= 15 is 0 Å². The largest absolute Gasteiger partial charge is 0.339 e. The molecular formula is C22H20N6OS. The van der Waals surface area contributed by atoms with Crippen molar-refractivity contribution in [3.63, 3.8) is 0 Å². The third kappa shape index (κ3) is 3.55. The van der Waals surface area contributed by atoms with E-state index in [9.17, 15) is 4.79 Å². The van der Waals surface area contributed by atoms with Gasteiger partial charge in [-0.25, -0.2) is 15.0 Å². The Labute approximate surface area is 177 Å². The minimum Gasteiger partial charge on any atom is -0.339 e.